The largest absolute Gasteiger partial charge is 0.469 e. The van der Waals surface area contributed by atoms with Gasteiger partial charge in [0.25, 0.3) is 5.91 Å². The maximum Gasteiger partial charge on any atom is 0.469 e. The van der Waals surface area contributed by atoms with Crippen molar-refractivity contribution in [2.75, 3.05) is 6.61 Å². The van der Waals surface area contributed by atoms with Crippen molar-refractivity contribution in [3.05, 3.63) is 0 Å². The Balaban J connectivity index is 3.06. The van der Waals surface area contributed by atoms with Gasteiger partial charge in [0, 0.05) is 0 Å². The Bertz CT molecular complexity index is 534. The third kappa shape index (κ3) is 4.77. The molecule has 7 atom stereocenters. The van der Waals surface area contributed by atoms with Crippen LogP contribution >= 0.6 is 15.4 Å². The van der Waals surface area contributed by atoms with Gasteiger partial charge in [0.15, 0.2) is 0 Å². The lowest BCUT2D eigenvalue weighted by molar-refractivity contribution is -0.367. The van der Waals surface area contributed by atoms with E-state index in [9.17, 15) is 39.1 Å². The van der Waals surface area contributed by atoms with E-state index < -0.39 is 64.2 Å². The summed E-state index contributed by atoms with van der Waals surface area (Å²) in [5.74, 6) is -7.30. The van der Waals surface area contributed by atoms with Crippen LogP contribution in [0, 0.1) is 0 Å². The summed E-state index contributed by atoms with van der Waals surface area (Å²) < 4.78 is 43.6. The highest BCUT2D eigenvalue weighted by molar-refractivity contribution is 7.52. The van der Waals surface area contributed by atoms with Crippen LogP contribution in [0.4, 0.5) is 4.39 Å². The number of phosphoric acid groups is 1. The second-order valence-corrected chi connectivity index (χ2v) is 7.91. The van der Waals surface area contributed by atoms with E-state index in [1.807, 2.05) is 0 Å². The number of ether oxygens (including phenoxy) is 1. The molecule has 0 amide bonds. The summed E-state index contributed by atoms with van der Waals surface area (Å²) in [6.45, 7) is -1.22. The first kappa shape index (κ1) is 22.0. The topological polar surface area (TPSA) is 235 Å². The lowest BCUT2D eigenvalue weighted by atomic mass is 9.90. The fourth-order valence-electron chi connectivity index (χ4n) is 2.00. The molecule has 16 heteroatoms. The van der Waals surface area contributed by atoms with E-state index in [1.165, 1.54) is 0 Å². The van der Waals surface area contributed by atoms with Gasteiger partial charge in [-0.25, -0.2) is 8.96 Å². The maximum absolute atomic E-state index is 13.8. The number of aliphatic hydroxyl groups excluding tert-OH is 4. The lowest BCUT2D eigenvalue weighted by Crippen LogP contribution is -2.69. The van der Waals surface area contributed by atoms with E-state index in [4.69, 9.17) is 19.6 Å². The Labute approximate surface area is 133 Å². The van der Waals surface area contributed by atoms with Gasteiger partial charge in [0.2, 0.25) is 5.79 Å². The summed E-state index contributed by atoms with van der Waals surface area (Å²) in [7, 11) is -10.8. The number of alkyl halides is 1. The average Bonchev–Trinajstić information content (AvgIpc) is 2.44. The van der Waals surface area contributed by atoms with Crippen LogP contribution in [0.25, 0.3) is 0 Å². The fraction of sp³-hybridized carbons (Fsp3) is 1.00. The molecule has 0 unspecified atom stereocenters. The number of aliphatic hydroxyl groups is 5. The summed E-state index contributed by atoms with van der Waals surface area (Å²) in [4.78, 5) is 34.5. The predicted molar refractivity (Wildman–Crippen MR) is 68.8 cm³/mol. The Morgan fingerprint density at radius 3 is 2.04 bits per heavy atom. The molecule has 0 bridgehead atoms. The van der Waals surface area contributed by atoms with Gasteiger partial charge in [-0.05, 0) is 0 Å². The Hall–Kier alpha value is -0.0500. The summed E-state index contributed by atoms with van der Waals surface area (Å²) in [6, 6.07) is 0. The van der Waals surface area contributed by atoms with Crippen molar-refractivity contribution in [1.29, 1.82) is 0 Å². The molecule has 1 aliphatic heterocycles. The second-order valence-electron chi connectivity index (χ2n) is 5.04. The smallest absolute Gasteiger partial charge is 0.388 e. The van der Waals surface area contributed by atoms with Crippen molar-refractivity contribution < 1.29 is 67.9 Å². The van der Waals surface area contributed by atoms with Crippen LogP contribution in [-0.4, -0.2) is 93.9 Å². The van der Waals surface area contributed by atoms with E-state index >= 15 is 0 Å². The Morgan fingerprint density at radius 2 is 1.62 bits per heavy atom. The molecule has 1 heterocycles. The zero-order valence-corrected chi connectivity index (χ0v) is 13.4. The van der Waals surface area contributed by atoms with Gasteiger partial charge in [-0.1, -0.05) is 0 Å². The summed E-state index contributed by atoms with van der Waals surface area (Å²) >= 11 is 0. The number of halogens is 1. The van der Waals surface area contributed by atoms with E-state index in [1.54, 1.807) is 0 Å². The highest BCUT2D eigenvalue weighted by atomic mass is 31.2. The van der Waals surface area contributed by atoms with Crippen molar-refractivity contribution in [3.63, 3.8) is 0 Å². The highest BCUT2D eigenvalue weighted by Crippen LogP contribution is 2.51. The molecule has 1 aliphatic rings. The number of hydrogen-bond donors (Lipinski definition) is 9. The van der Waals surface area contributed by atoms with E-state index in [-0.39, 0.29) is 0 Å². The molecule has 0 spiro atoms. The van der Waals surface area contributed by atoms with Gasteiger partial charge in [0.05, 0.1) is 6.61 Å². The summed E-state index contributed by atoms with van der Waals surface area (Å²) in [6.07, 6.45) is -11.8. The molecule has 1 fully saturated rings. The first-order valence-corrected chi connectivity index (χ1v) is 9.34. The third-order valence-corrected chi connectivity index (χ3v) is 4.63. The molecule has 1 saturated heterocycles. The first-order valence-electron chi connectivity index (χ1n) is 6.13. The SMILES string of the molecule is O=P(O)(O)OC[C@@H](O)[C@H]1O[C@@](O)([C@@H](F)P(=O)(O)O)[C@@H](O)[C@@H](O)[C@@H]1O. The molecule has 0 saturated carbocycles. The molecular weight excluding hydrogens is 385 g/mol. The molecular formula is C8H17FO13P2. The van der Waals surface area contributed by atoms with Crippen LogP contribution in [0.5, 0.6) is 0 Å². The molecule has 24 heavy (non-hydrogen) atoms. The lowest BCUT2D eigenvalue weighted by Gasteiger charge is -2.47. The van der Waals surface area contributed by atoms with Gasteiger partial charge in [-0.3, -0.25) is 9.09 Å². The van der Waals surface area contributed by atoms with Gasteiger partial charge >= 0.3 is 15.4 Å². The van der Waals surface area contributed by atoms with Crippen molar-refractivity contribution in [3.8, 4) is 0 Å². The maximum atomic E-state index is 13.8. The van der Waals surface area contributed by atoms with Crippen LogP contribution in [0.2, 0.25) is 0 Å². The molecule has 9 N–H and O–H groups in total. The van der Waals surface area contributed by atoms with Crippen molar-refractivity contribution >= 4 is 15.4 Å². The van der Waals surface area contributed by atoms with Gasteiger partial charge in [-0.2, -0.15) is 0 Å². The Kier molecular flexibility index (Phi) is 6.68. The van der Waals surface area contributed by atoms with E-state index in [0.29, 0.717) is 0 Å². The first-order chi connectivity index (χ1) is 10.6. The zero-order valence-electron chi connectivity index (χ0n) is 11.6. The van der Waals surface area contributed by atoms with E-state index in [2.05, 4.69) is 9.26 Å². The summed E-state index contributed by atoms with van der Waals surface area (Å²) in [5, 5.41) is 48.3. The molecule has 13 nitrogen and oxygen atoms in total. The molecule has 144 valence electrons. The number of hydrogen-bond acceptors (Lipinski definition) is 9. The van der Waals surface area contributed by atoms with E-state index in [0.717, 1.165) is 0 Å². The molecule has 0 aliphatic carbocycles. The van der Waals surface area contributed by atoms with Gasteiger partial charge in [-0.15, -0.1) is 0 Å². The number of rotatable bonds is 6. The summed E-state index contributed by atoms with van der Waals surface area (Å²) in [5.41, 5.74) is 0. The third-order valence-electron chi connectivity index (χ3n) is 3.19. The number of phosphoric ester groups is 1. The second kappa shape index (κ2) is 7.29. The van der Waals surface area contributed by atoms with Gasteiger partial charge in [0.1, 0.15) is 30.5 Å². The van der Waals surface area contributed by atoms with Crippen LogP contribution < -0.4 is 0 Å². The van der Waals surface area contributed by atoms with Crippen LogP contribution in [0.1, 0.15) is 0 Å². The molecule has 1 rings (SSSR count). The highest BCUT2D eigenvalue weighted by Gasteiger charge is 2.63. The van der Waals surface area contributed by atoms with Crippen molar-refractivity contribution in [2.24, 2.45) is 0 Å². The standard InChI is InChI=1S/C8H17FO13P2/c9-7(23(15,16)17)8(14)6(13)4(12)3(11)5(22-8)2(10)1-21-24(18,19)20/h2-7,10-14H,1H2,(H2,15,16,17)(H2,18,19,20)/t2-,3+,4+,5-,6+,7+,8-/m1/s1. The fourth-order valence-corrected chi connectivity index (χ4v) is 3.04. The quantitative estimate of drug-likeness (QED) is 0.193. The van der Waals surface area contributed by atoms with Crippen molar-refractivity contribution in [1.82, 2.24) is 0 Å². The normalized spacial score (nSPS) is 37.9. The monoisotopic (exact) mass is 402 g/mol. The average molecular weight is 402 g/mol. The predicted octanol–water partition coefficient (Wildman–Crippen LogP) is -3.90. The van der Waals surface area contributed by atoms with Crippen molar-refractivity contribution in [2.45, 2.75) is 42.2 Å². The van der Waals surface area contributed by atoms with Crippen LogP contribution in [0.3, 0.4) is 0 Å². The zero-order chi connectivity index (χ0) is 19.1. The van der Waals surface area contributed by atoms with Crippen LogP contribution in [0.15, 0.2) is 0 Å². The van der Waals surface area contributed by atoms with Crippen LogP contribution in [-0.2, 0) is 18.4 Å². The van der Waals surface area contributed by atoms with Gasteiger partial charge < -0.3 is 49.8 Å². The minimum absolute atomic E-state index is 1.22. The molecule has 0 aromatic carbocycles. The molecule has 0 aromatic rings. The molecule has 0 radical (unpaired) electrons. The minimum atomic E-state index is -5.70. The Morgan fingerprint density at radius 1 is 1.12 bits per heavy atom. The minimum Gasteiger partial charge on any atom is -0.388 e. The molecule has 0 aromatic heterocycles.